The first kappa shape index (κ1) is 22.9. The van der Waals surface area contributed by atoms with Crippen LogP contribution in [0.4, 0.5) is 17.6 Å². The van der Waals surface area contributed by atoms with Gasteiger partial charge in [-0.3, -0.25) is 4.79 Å². The predicted molar refractivity (Wildman–Crippen MR) is 104 cm³/mol. The van der Waals surface area contributed by atoms with Crippen molar-refractivity contribution in [3.8, 4) is 11.3 Å². The molecule has 7 nitrogen and oxygen atoms in total. The van der Waals surface area contributed by atoms with Crippen molar-refractivity contribution in [3.05, 3.63) is 63.0 Å². The van der Waals surface area contributed by atoms with Crippen LogP contribution >= 0.6 is 11.3 Å². The summed E-state index contributed by atoms with van der Waals surface area (Å²) in [4.78, 5) is 19.9. The molecule has 0 radical (unpaired) electrons. The minimum absolute atomic E-state index is 0.00727. The molecule has 1 amide bonds. The number of nitrogens with one attached hydrogen (secondary N) is 2. The Balaban J connectivity index is 1.78. The number of aromatic amines is 1. The first-order chi connectivity index (χ1) is 14.7. The van der Waals surface area contributed by atoms with Crippen LogP contribution in [0.25, 0.3) is 11.3 Å². The van der Waals surface area contributed by atoms with Crippen LogP contribution in [0.1, 0.15) is 37.7 Å². The van der Waals surface area contributed by atoms with Crippen molar-refractivity contribution in [1.82, 2.24) is 15.3 Å². The van der Waals surface area contributed by atoms with E-state index in [1.807, 2.05) is 0 Å². The summed E-state index contributed by atoms with van der Waals surface area (Å²) in [6, 6.07) is 4.61. The van der Waals surface area contributed by atoms with Gasteiger partial charge in [0.25, 0.3) is 5.91 Å². The molecule has 0 bridgehead atoms. The van der Waals surface area contributed by atoms with E-state index in [2.05, 4.69) is 15.3 Å². The molecule has 12 heteroatoms. The van der Waals surface area contributed by atoms with E-state index in [1.165, 1.54) is 12.1 Å². The minimum Gasteiger partial charge on any atom is -0.391 e. The van der Waals surface area contributed by atoms with Gasteiger partial charge in [-0.1, -0.05) is 6.07 Å². The number of thiazole rings is 1. The lowest BCUT2D eigenvalue weighted by Crippen LogP contribution is -2.33. The molecule has 0 aliphatic rings. The Kier molecular flexibility index (Phi) is 6.74. The number of carbonyl (C=O) groups is 1. The normalized spacial score (nSPS) is 12.7. The number of aromatic nitrogens is 2. The van der Waals surface area contributed by atoms with Crippen molar-refractivity contribution >= 4 is 17.2 Å². The zero-order valence-electron chi connectivity index (χ0n) is 15.8. The molecule has 0 unspecified atom stereocenters. The molecule has 2 heterocycles. The zero-order chi connectivity index (χ0) is 22.8. The average Bonchev–Trinajstić information content (AvgIpc) is 3.38. The van der Waals surface area contributed by atoms with Gasteiger partial charge in [-0.05, 0) is 24.3 Å². The van der Waals surface area contributed by atoms with Gasteiger partial charge in [0.1, 0.15) is 16.5 Å². The molecule has 31 heavy (non-hydrogen) atoms. The van der Waals surface area contributed by atoms with Gasteiger partial charge in [-0.15, -0.1) is 11.3 Å². The van der Waals surface area contributed by atoms with Gasteiger partial charge in [-0.2, -0.15) is 13.2 Å². The Labute approximate surface area is 177 Å². The highest BCUT2D eigenvalue weighted by atomic mass is 32.1. The van der Waals surface area contributed by atoms with Gasteiger partial charge >= 0.3 is 6.18 Å². The number of halogens is 4. The minimum atomic E-state index is -4.80. The molecule has 1 aromatic carbocycles. The number of hydrogen-bond acceptors (Lipinski definition) is 6. The van der Waals surface area contributed by atoms with Crippen LogP contribution in [-0.4, -0.2) is 32.6 Å². The van der Waals surface area contributed by atoms with E-state index in [9.17, 15) is 32.6 Å². The highest BCUT2D eigenvalue weighted by Crippen LogP contribution is 2.33. The number of nitrogens with two attached hydrogens (primary N) is 1. The molecule has 0 saturated carbocycles. The van der Waals surface area contributed by atoms with Crippen LogP contribution in [0.5, 0.6) is 0 Å². The summed E-state index contributed by atoms with van der Waals surface area (Å²) in [6.45, 7) is -0.698. The second-order valence-corrected chi connectivity index (χ2v) is 7.59. The number of aliphatic hydroxyl groups is 2. The molecule has 2 aromatic heterocycles. The maximum Gasteiger partial charge on any atom is 0.419 e. The lowest BCUT2D eigenvalue weighted by atomic mass is 10.1. The van der Waals surface area contributed by atoms with Gasteiger partial charge in [0, 0.05) is 17.8 Å². The third kappa shape index (κ3) is 4.93. The van der Waals surface area contributed by atoms with Gasteiger partial charge < -0.3 is 26.2 Å². The maximum absolute atomic E-state index is 13.8. The number of alkyl halides is 3. The molecule has 0 spiro atoms. The summed E-state index contributed by atoms with van der Waals surface area (Å²) >= 11 is 1.10. The smallest absolute Gasteiger partial charge is 0.391 e. The number of hydrogen-bond donors (Lipinski definition) is 5. The van der Waals surface area contributed by atoms with Gasteiger partial charge in [-0.25, -0.2) is 9.37 Å². The van der Waals surface area contributed by atoms with E-state index in [4.69, 9.17) is 5.73 Å². The van der Waals surface area contributed by atoms with Crippen LogP contribution in [-0.2, 0) is 19.4 Å². The number of aliphatic hydroxyl groups excluding tert-OH is 2. The highest BCUT2D eigenvalue weighted by Gasteiger charge is 2.34. The number of nitrogens with zero attached hydrogens (tertiary/aromatic N) is 1. The predicted octanol–water partition coefficient (Wildman–Crippen LogP) is 2.71. The monoisotopic (exact) mass is 458 g/mol. The largest absolute Gasteiger partial charge is 0.419 e. The zero-order valence-corrected chi connectivity index (χ0v) is 16.6. The Morgan fingerprint density at radius 2 is 1.97 bits per heavy atom. The van der Waals surface area contributed by atoms with E-state index in [0.717, 1.165) is 23.5 Å². The molecular weight excluding hydrogens is 440 g/mol. The fraction of sp³-hybridized carbons (Fsp3) is 0.263. The van der Waals surface area contributed by atoms with Gasteiger partial charge in [0.2, 0.25) is 0 Å². The van der Waals surface area contributed by atoms with E-state index in [1.54, 1.807) is 0 Å². The number of H-pyrrole nitrogens is 1. The average molecular weight is 458 g/mol. The van der Waals surface area contributed by atoms with E-state index in [-0.39, 0.29) is 36.7 Å². The number of amides is 1. The van der Waals surface area contributed by atoms with Crippen LogP contribution in [0.15, 0.2) is 30.3 Å². The van der Waals surface area contributed by atoms with Crippen molar-refractivity contribution in [2.75, 3.05) is 6.54 Å². The summed E-state index contributed by atoms with van der Waals surface area (Å²) in [5.74, 6) is -1.99. The summed E-state index contributed by atoms with van der Waals surface area (Å²) in [5.41, 5.74) is 5.11. The topological polar surface area (TPSA) is 124 Å². The third-order valence-corrected chi connectivity index (χ3v) is 5.64. The molecule has 6 N–H and O–H groups in total. The van der Waals surface area contributed by atoms with Crippen molar-refractivity contribution in [1.29, 1.82) is 0 Å². The Morgan fingerprint density at radius 3 is 2.52 bits per heavy atom. The summed E-state index contributed by atoms with van der Waals surface area (Å²) < 4.78 is 52.0. The maximum atomic E-state index is 13.8. The fourth-order valence-corrected chi connectivity index (χ4v) is 3.86. The standard InChI is InChI=1S/C19H18F4N4O3S/c20-11-5-9(1-2-10(11)19(21,22)23)12-3-4-13(25-12)17(30)26-14(6-24)18-27-15(7-28)16(8-29)31-18/h1-5,14,25,28-29H,6-8,24H2,(H,26,30)/t14-/m0/s1. The highest BCUT2D eigenvalue weighted by molar-refractivity contribution is 7.11. The van der Waals surface area contributed by atoms with Crippen molar-refractivity contribution in [2.45, 2.75) is 25.4 Å². The van der Waals surface area contributed by atoms with Crippen LogP contribution in [0.3, 0.4) is 0 Å². The molecule has 3 rings (SSSR count). The fourth-order valence-electron chi connectivity index (χ4n) is 2.87. The van der Waals surface area contributed by atoms with Crippen molar-refractivity contribution < 1.29 is 32.6 Å². The summed E-state index contributed by atoms with van der Waals surface area (Å²) in [6.07, 6.45) is -4.80. The molecule has 0 aliphatic carbocycles. The first-order valence-electron chi connectivity index (χ1n) is 8.95. The number of rotatable bonds is 7. The quantitative estimate of drug-likeness (QED) is 0.348. The lowest BCUT2D eigenvalue weighted by molar-refractivity contribution is -0.139. The second-order valence-electron chi connectivity index (χ2n) is 6.48. The molecule has 0 saturated heterocycles. The molecule has 3 aromatic rings. The molecule has 0 aliphatic heterocycles. The van der Waals surface area contributed by atoms with Gasteiger partial charge in [0.15, 0.2) is 0 Å². The van der Waals surface area contributed by atoms with Crippen LogP contribution in [0.2, 0.25) is 0 Å². The van der Waals surface area contributed by atoms with E-state index in [0.29, 0.717) is 21.6 Å². The van der Waals surface area contributed by atoms with Crippen molar-refractivity contribution in [3.63, 3.8) is 0 Å². The van der Waals surface area contributed by atoms with Crippen molar-refractivity contribution in [2.24, 2.45) is 5.73 Å². The van der Waals surface area contributed by atoms with Crippen LogP contribution < -0.4 is 11.1 Å². The molecular formula is C19H18F4N4O3S. The number of carbonyl (C=O) groups excluding carboxylic acids is 1. The Hall–Kier alpha value is -2.80. The van der Waals surface area contributed by atoms with Gasteiger partial charge in [0.05, 0.1) is 35.4 Å². The summed E-state index contributed by atoms with van der Waals surface area (Å²) in [5, 5.41) is 21.7. The third-order valence-electron chi connectivity index (χ3n) is 4.44. The SMILES string of the molecule is NC[C@H](NC(=O)c1ccc(-c2ccc(C(F)(F)F)c(F)c2)[nH]1)c1nc(CO)c(CO)s1. The van der Waals surface area contributed by atoms with E-state index >= 15 is 0 Å². The van der Waals surface area contributed by atoms with Crippen LogP contribution in [0, 0.1) is 5.82 Å². The lowest BCUT2D eigenvalue weighted by Gasteiger charge is -2.13. The second kappa shape index (κ2) is 9.14. The van der Waals surface area contributed by atoms with E-state index < -0.39 is 29.5 Å². The molecule has 0 fully saturated rings. The Morgan fingerprint density at radius 1 is 1.23 bits per heavy atom. The number of benzene rings is 1. The summed E-state index contributed by atoms with van der Waals surface area (Å²) in [7, 11) is 0. The first-order valence-corrected chi connectivity index (χ1v) is 9.76. The Bertz CT molecular complexity index is 1060. The molecule has 166 valence electrons. The molecule has 1 atom stereocenters.